The van der Waals surface area contributed by atoms with Gasteiger partial charge in [-0.05, 0) is 45.9 Å². The Bertz CT molecular complexity index is 254. The van der Waals surface area contributed by atoms with Crippen LogP contribution in [-0.4, -0.2) is 50.1 Å². The van der Waals surface area contributed by atoms with Crippen LogP contribution in [0.2, 0.25) is 0 Å². The Labute approximate surface area is 100 Å². The Morgan fingerprint density at radius 2 is 2.00 bits per heavy atom. The predicted molar refractivity (Wildman–Crippen MR) is 67.0 cm³/mol. The van der Waals surface area contributed by atoms with Gasteiger partial charge in [0.15, 0.2) is 0 Å². The van der Waals surface area contributed by atoms with Gasteiger partial charge in [0.05, 0.1) is 12.0 Å². The summed E-state index contributed by atoms with van der Waals surface area (Å²) in [5.74, 6) is 1.22. The Balaban J connectivity index is 2.78. The first kappa shape index (κ1) is 13.5. The van der Waals surface area contributed by atoms with Crippen molar-refractivity contribution < 1.29 is 0 Å². The van der Waals surface area contributed by atoms with E-state index in [0.717, 1.165) is 6.54 Å². The molecule has 3 unspecified atom stereocenters. The molecule has 1 fully saturated rings. The summed E-state index contributed by atoms with van der Waals surface area (Å²) in [7, 11) is 6.38. The van der Waals surface area contributed by atoms with Crippen molar-refractivity contribution in [2.75, 3.05) is 34.2 Å². The second-order valence-corrected chi connectivity index (χ2v) is 5.66. The van der Waals surface area contributed by atoms with E-state index >= 15 is 0 Å². The van der Waals surface area contributed by atoms with Crippen LogP contribution in [-0.2, 0) is 0 Å². The third-order valence-corrected chi connectivity index (χ3v) is 3.74. The summed E-state index contributed by atoms with van der Waals surface area (Å²) in [5.41, 5.74) is 0. The smallest absolute Gasteiger partial charge is 0.0675 e. The molecule has 0 aromatic heterocycles. The van der Waals surface area contributed by atoms with Crippen molar-refractivity contribution in [3.05, 3.63) is 0 Å². The molecular weight excluding hydrogens is 198 g/mol. The molecule has 3 atom stereocenters. The first-order chi connectivity index (χ1) is 7.47. The van der Waals surface area contributed by atoms with Crippen molar-refractivity contribution in [3.63, 3.8) is 0 Å². The second kappa shape index (κ2) is 5.65. The van der Waals surface area contributed by atoms with Gasteiger partial charge in [0.25, 0.3) is 0 Å². The van der Waals surface area contributed by atoms with Crippen LogP contribution in [0.3, 0.4) is 0 Å². The highest BCUT2D eigenvalue weighted by Crippen LogP contribution is 2.29. The topological polar surface area (TPSA) is 30.3 Å². The SMILES string of the molecule is CC(C)C(C#N)C(C1CCN(C)C1)N(C)C. The molecule has 1 aliphatic heterocycles. The summed E-state index contributed by atoms with van der Waals surface area (Å²) in [6, 6.07) is 2.91. The molecule has 0 aromatic carbocycles. The Kier molecular flexibility index (Phi) is 4.76. The minimum atomic E-state index is 0.145. The number of rotatable bonds is 4. The lowest BCUT2D eigenvalue weighted by Crippen LogP contribution is -2.43. The van der Waals surface area contributed by atoms with Crippen LogP contribution in [0.5, 0.6) is 0 Å². The normalized spacial score (nSPS) is 26.0. The maximum Gasteiger partial charge on any atom is 0.0675 e. The van der Waals surface area contributed by atoms with Crippen LogP contribution in [0.15, 0.2) is 0 Å². The maximum atomic E-state index is 9.35. The highest BCUT2D eigenvalue weighted by molar-refractivity contribution is 4.98. The number of hydrogen-bond donors (Lipinski definition) is 0. The van der Waals surface area contributed by atoms with Crippen LogP contribution in [0.4, 0.5) is 0 Å². The third kappa shape index (κ3) is 2.96. The van der Waals surface area contributed by atoms with Crippen LogP contribution in [0.25, 0.3) is 0 Å². The highest BCUT2D eigenvalue weighted by Gasteiger charge is 2.36. The van der Waals surface area contributed by atoms with E-state index in [2.05, 4.69) is 50.9 Å². The summed E-state index contributed by atoms with van der Waals surface area (Å²) in [4.78, 5) is 4.62. The number of nitriles is 1. The van der Waals surface area contributed by atoms with Crippen molar-refractivity contribution in [3.8, 4) is 6.07 Å². The predicted octanol–water partition coefficient (Wildman–Crippen LogP) is 1.66. The van der Waals surface area contributed by atoms with E-state index < -0.39 is 0 Å². The molecule has 1 aliphatic rings. The van der Waals surface area contributed by atoms with Gasteiger partial charge in [-0.25, -0.2) is 0 Å². The molecule has 0 amide bonds. The fourth-order valence-corrected chi connectivity index (χ4v) is 2.90. The molecule has 0 aliphatic carbocycles. The Morgan fingerprint density at radius 3 is 2.31 bits per heavy atom. The lowest BCUT2D eigenvalue weighted by Gasteiger charge is -2.35. The lowest BCUT2D eigenvalue weighted by atomic mass is 9.81. The third-order valence-electron chi connectivity index (χ3n) is 3.74. The molecule has 0 saturated carbocycles. The number of hydrogen-bond acceptors (Lipinski definition) is 3. The van der Waals surface area contributed by atoms with Crippen molar-refractivity contribution >= 4 is 0 Å². The average molecular weight is 223 g/mol. The fourth-order valence-electron chi connectivity index (χ4n) is 2.90. The second-order valence-electron chi connectivity index (χ2n) is 5.66. The van der Waals surface area contributed by atoms with Crippen molar-refractivity contribution in [1.29, 1.82) is 5.26 Å². The van der Waals surface area contributed by atoms with Gasteiger partial charge in [0.2, 0.25) is 0 Å². The van der Waals surface area contributed by atoms with Crippen LogP contribution >= 0.6 is 0 Å². The molecule has 0 aromatic rings. The first-order valence-electron chi connectivity index (χ1n) is 6.22. The Morgan fingerprint density at radius 1 is 1.38 bits per heavy atom. The van der Waals surface area contributed by atoms with Gasteiger partial charge in [-0.2, -0.15) is 5.26 Å². The lowest BCUT2D eigenvalue weighted by molar-refractivity contribution is 0.143. The van der Waals surface area contributed by atoms with Crippen LogP contribution in [0.1, 0.15) is 20.3 Å². The van der Waals surface area contributed by atoms with E-state index in [4.69, 9.17) is 0 Å². The van der Waals surface area contributed by atoms with E-state index in [0.29, 0.717) is 17.9 Å². The molecule has 1 rings (SSSR count). The molecule has 3 heteroatoms. The average Bonchev–Trinajstić information content (AvgIpc) is 2.59. The standard InChI is InChI=1S/C13H25N3/c1-10(2)12(8-14)13(15(3)4)11-6-7-16(5)9-11/h10-13H,6-7,9H2,1-5H3. The molecule has 0 spiro atoms. The minimum Gasteiger partial charge on any atom is -0.306 e. The monoisotopic (exact) mass is 223 g/mol. The number of likely N-dealkylation sites (tertiary alicyclic amines) is 1. The molecule has 3 nitrogen and oxygen atoms in total. The summed E-state index contributed by atoms with van der Waals surface area (Å²) in [6.45, 7) is 6.62. The van der Waals surface area contributed by atoms with E-state index in [1.807, 2.05) is 0 Å². The fraction of sp³-hybridized carbons (Fsp3) is 0.923. The molecule has 16 heavy (non-hydrogen) atoms. The largest absolute Gasteiger partial charge is 0.306 e. The van der Waals surface area contributed by atoms with Gasteiger partial charge in [-0.1, -0.05) is 13.8 Å². The van der Waals surface area contributed by atoms with Crippen LogP contribution in [0, 0.1) is 29.1 Å². The van der Waals surface area contributed by atoms with E-state index in [1.165, 1.54) is 13.0 Å². The van der Waals surface area contributed by atoms with Gasteiger partial charge in [-0.15, -0.1) is 0 Å². The van der Waals surface area contributed by atoms with Crippen molar-refractivity contribution in [2.45, 2.75) is 26.3 Å². The van der Waals surface area contributed by atoms with Gasteiger partial charge in [0.1, 0.15) is 0 Å². The molecular formula is C13H25N3. The first-order valence-corrected chi connectivity index (χ1v) is 6.22. The summed E-state index contributed by atoms with van der Waals surface area (Å²) in [6.07, 6.45) is 1.23. The Hall–Kier alpha value is -0.590. The molecule has 92 valence electrons. The zero-order valence-corrected chi connectivity index (χ0v) is 11.3. The van der Waals surface area contributed by atoms with E-state index in [-0.39, 0.29) is 5.92 Å². The van der Waals surface area contributed by atoms with Crippen molar-refractivity contribution in [2.24, 2.45) is 17.8 Å². The maximum absolute atomic E-state index is 9.35. The highest BCUT2D eigenvalue weighted by atomic mass is 15.2. The zero-order chi connectivity index (χ0) is 12.3. The minimum absolute atomic E-state index is 0.145. The van der Waals surface area contributed by atoms with Gasteiger partial charge in [0, 0.05) is 12.6 Å². The molecule has 0 radical (unpaired) electrons. The van der Waals surface area contributed by atoms with Gasteiger partial charge >= 0.3 is 0 Å². The van der Waals surface area contributed by atoms with E-state index in [9.17, 15) is 5.26 Å². The van der Waals surface area contributed by atoms with Gasteiger partial charge in [-0.3, -0.25) is 0 Å². The quantitative estimate of drug-likeness (QED) is 0.726. The van der Waals surface area contributed by atoms with E-state index in [1.54, 1.807) is 0 Å². The summed E-state index contributed by atoms with van der Waals surface area (Å²) < 4.78 is 0. The number of nitrogens with zero attached hydrogens (tertiary/aromatic N) is 3. The van der Waals surface area contributed by atoms with Crippen LogP contribution < -0.4 is 0 Å². The van der Waals surface area contributed by atoms with Crippen molar-refractivity contribution in [1.82, 2.24) is 9.80 Å². The molecule has 0 bridgehead atoms. The molecule has 1 heterocycles. The molecule has 0 N–H and O–H groups in total. The van der Waals surface area contributed by atoms with Gasteiger partial charge < -0.3 is 9.80 Å². The summed E-state index contributed by atoms with van der Waals surface area (Å²) >= 11 is 0. The summed E-state index contributed by atoms with van der Waals surface area (Å²) in [5, 5.41) is 9.35. The molecule has 1 saturated heterocycles. The zero-order valence-electron chi connectivity index (χ0n) is 11.3.